The molecular weight excluding hydrogens is 230 g/mol. The van der Waals surface area contributed by atoms with Gasteiger partial charge in [-0.2, -0.15) is 0 Å². The van der Waals surface area contributed by atoms with Gasteiger partial charge in [0.25, 0.3) is 0 Å². The van der Waals surface area contributed by atoms with Gasteiger partial charge in [0.1, 0.15) is 0 Å². The molecule has 0 spiro atoms. The molecule has 0 atom stereocenters. The summed E-state index contributed by atoms with van der Waals surface area (Å²) in [5.74, 6) is 1.75. The van der Waals surface area contributed by atoms with E-state index < -0.39 is 0 Å². The van der Waals surface area contributed by atoms with Crippen molar-refractivity contribution in [2.24, 2.45) is 0 Å². The van der Waals surface area contributed by atoms with Crippen LogP contribution < -0.4 is 14.8 Å². The first-order chi connectivity index (χ1) is 8.86. The number of para-hydroxylation sites is 1. The fourth-order valence-corrected chi connectivity index (χ4v) is 2.49. The predicted molar refractivity (Wildman–Crippen MR) is 67.8 cm³/mol. The van der Waals surface area contributed by atoms with Crippen molar-refractivity contribution < 1.29 is 14.2 Å². The highest BCUT2D eigenvalue weighted by Crippen LogP contribution is 2.35. The molecule has 18 heavy (non-hydrogen) atoms. The molecule has 4 heteroatoms. The smallest absolute Gasteiger partial charge is 0.231 e. The molecule has 0 bridgehead atoms. The van der Waals surface area contributed by atoms with E-state index in [1.807, 2.05) is 19.1 Å². The maximum absolute atomic E-state index is 5.55. The minimum atomic E-state index is 0.336. The second-order valence-corrected chi connectivity index (χ2v) is 4.78. The van der Waals surface area contributed by atoms with E-state index >= 15 is 0 Å². The average Bonchev–Trinajstić information content (AvgIpc) is 2.80. The third kappa shape index (κ3) is 2.31. The first-order valence-corrected chi connectivity index (χ1v) is 6.59. The van der Waals surface area contributed by atoms with E-state index in [9.17, 15) is 0 Å². The summed E-state index contributed by atoms with van der Waals surface area (Å²) in [6, 6.07) is 6.60. The Kier molecular flexibility index (Phi) is 3.39. The van der Waals surface area contributed by atoms with Gasteiger partial charge in [-0.3, -0.25) is 0 Å². The Morgan fingerprint density at radius 2 is 2.22 bits per heavy atom. The Morgan fingerprint density at radius 1 is 1.33 bits per heavy atom. The summed E-state index contributed by atoms with van der Waals surface area (Å²) < 4.78 is 16.4. The summed E-state index contributed by atoms with van der Waals surface area (Å²) in [7, 11) is 0. The van der Waals surface area contributed by atoms with Crippen LogP contribution in [0.4, 0.5) is 0 Å². The lowest BCUT2D eigenvalue weighted by Gasteiger charge is -2.35. The van der Waals surface area contributed by atoms with Crippen LogP contribution in [0.5, 0.6) is 11.5 Å². The molecule has 4 nitrogen and oxygen atoms in total. The van der Waals surface area contributed by atoms with E-state index in [4.69, 9.17) is 14.2 Å². The van der Waals surface area contributed by atoms with Crippen molar-refractivity contribution in [3.05, 3.63) is 23.8 Å². The third-order valence-electron chi connectivity index (χ3n) is 3.56. The van der Waals surface area contributed by atoms with Gasteiger partial charge in [-0.15, -0.1) is 0 Å². The van der Waals surface area contributed by atoms with Crippen LogP contribution >= 0.6 is 0 Å². The zero-order valence-corrected chi connectivity index (χ0v) is 10.6. The van der Waals surface area contributed by atoms with Crippen molar-refractivity contribution in [3.63, 3.8) is 0 Å². The highest BCUT2D eigenvalue weighted by molar-refractivity contribution is 5.48. The Bertz CT molecular complexity index is 416. The van der Waals surface area contributed by atoms with Gasteiger partial charge in [-0.05, 0) is 25.8 Å². The summed E-state index contributed by atoms with van der Waals surface area (Å²) in [5, 5.41) is 3.54. The van der Waals surface area contributed by atoms with E-state index in [-0.39, 0.29) is 0 Å². The number of nitrogens with one attached hydrogen (secondary N) is 1. The fourth-order valence-electron chi connectivity index (χ4n) is 2.49. The Morgan fingerprint density at radius 3 is 3.06 bits per heavy atom. The number of rotatable bonds is 5. The highest BCUT2D eigenvalue weighted by Gasteiger charge is 2.29. The van der Waals surface area contributed by atoms with Crippen molar-refractivity contribution in [2.45, 2.75) is 38.5 Å². The van der Waals surface area contributed by atoms with Gasteiger partial charge >= 0.3 is 0 Å². The molecule has 0 radical (unpaired) electrons. The fraction of sp³-hybridized carbons (Fsp3) is 0.571. The standard InChI is InChI=1S/C14H19NO3/c1-2-16-12-6-11(7-12)15-8-10-4-3-5-13-14(10)18-9-17-13/h3-5,11-12,15H,2,6-9H2,1H3. The Balaban J connectivity index is 1.51. The molecule has 1 aliphatic carbocycles. The predicted octanol–water partition coefficient (Wildman–Crippen LogP) is 2.07. The van der Waals surface area contributed by atoms with Gasteiger partial charge in [0, 0.05) is 24.8 Å². The van der Waals surface area contributed by atoms with Crippen LogP contribution in [0.25, 0.3) is 0 Å². The topological polar surface area (TPSA) is 39.7 Å². The zero-order chi connectivity index (χ0) is 12.4. The summed E-state index contributed by atoms with van der Waals surface area (Å²) in [4.78, 5) is 0. The molecule has 0 aromatic heterocycles. The molecule has 2 aliphatic rings. The molecule has 98 valence electrons. The summed E-state index contributed by atoms with van der Waals surface area (Å²) in [5.41, 5.74) is 1.17. The number of ether oxygens (including phenoxy) is 3. The van der Waals surface area contributed by atoms with Crippen LogP contribution in [0.2, 0.25) is 0 Å². The van der Waals surface area contributed by atoms with Gasteiger partial charge < -0.3 is 19.5 Å². The van der Waals surface area contributed by atoms with Crippen LogP contribution in [0.1, 0.15) is 25.3 Å². The number of benzene rings is 1. The van der Waals surface area contributed by atoms with Crippen LogP contribution in [0.3, 0.4) is 0 Å². The zero-order valence-electron chi connectivity index (χ0n) is 10.6. The Labute approximate surface area is 107 Å². The monoisotopic (exact) mass is 249 g/mol. The van der Waals surface area contributed by atoms with Crippen molar-refractivity contribution >= 4 is 0 Å². The van der Waals surface area contributed by atoms with Crippen molar-refractivity contribution in [2.75, 3.05) is 13.4 Å². The normalized spacial score (nSPS) is 24.9. The first kappa shape index (κ1) is 11.8. The molecule has 1 aromatic carbocycles. The molecule has 1 fully saturated rings. The molecule has 1 aromatic rings. The number of fused-ring (bicyclic) bond motifs is 1. The highest BCUT2D eigenvalue weighted by atomic mass is 16.7. The van der Waals surface area contributed by atoms with E-state index in [2.05, 4.69) is 11.4 Å². The molecule has 3 rings (SSSR count). The van der Waals surface area contributed by atoms with Gasteiger partial charge in [0.15, 0.2) is 11.5 Å². The Hall–Kier alpha value is -1.26. The quantitative estimate of drug-likeness (QED) is 0.867. The van der Waals surface area contributed by atoms with Crippen LogP contribution in [-0.4, -0.2) is 25.5 Å². The second-order valence-electron chi connectivity index (χ2n) is 4.78. The average molecular weight is 249 g/mol. The van der Waals surface area contributed by atoms with E-state index in [0.717, 1.165) is 37.5 Å². The lowest BCUT2D eigenvalue weighted by Crippen LogP contribution is -2.45. The minimum Gasteiger partial charge on any atom is -0.454 e. The molecule has 1 heterocycles. The lowest BCUT2D eigenvalue weighted by atomic mass is 9.89. The van der Waals surface area contributed by atoms with E-state index in [1.54, 1.807) is 0 Å². The van der Waals surface area contributed by atoms with Gasteiger partial charge in [0.2, 0.25) is 6.79 Å². The van der Waals surface area contributed by atoms with E-state index in [0.29, 0.717) is 18.9 Å². The van der Waals surface area contributed by atoms with Gasteiger partial charge in [0.05, 0.1) is 6.10 Å². The lowest BCUT2D eigenvalue weighted by molar-refractivity contribution is -0.0102. The first-order valence-electron chi connectivity index (χ1n) is 6.59. The number of hydrogen-bond donors (Lipinski definition) is 1. The maximum atomic E-state index is 5.55. The molecule has 0 unspecified atom stereocenters. The molecule has 1 N–H and O–H groups in total. The van der Waals surface area contributed by atoms with Gasteiger partial charge in [-0.25, -0.2) is 0 Å². The van der Waals surface area contributed by atoms with Crippen molar-refractivity contribution in [3.8, 4) is 11.5 Å². The molecule has 0 saturated heterocycles. The summed E-state index contributed by atoms with van der Waals surface area (Å²) in [6.45, 7) is 4.03. The summed E-state index contributed by atoms with van der Waals surface area (Å²) >= 11 is 0. The van der Waals surface area contributed by atoms with Crippen LogP contribution in [0.15, 0.2) is 18.2 Å². The van der Waals surface area contributed by atoms with E-state index in [1.165, 1.54) is 5.56 Å². The maximum Gasteiger partial charge on any atom is 0.231 e. The minimum absolute atomic E-state index is 0.336. The molecule has 0 amide bonds. The SMILES string of the molecule is CCOC1CC(NCc2cccc3c2OCO3)C1. The largest absolute Gasteiger partial charge is 0.454 e. The third-order valence-corrected chi connectivity index (χ3v) is 3.56. The molecule has 1 saturated carbocycles. The van der Waals surface area contributed by atoms with Crippen molar-refractivity contribution in [1.82, 2.24) is 5.32 Å². The van der Waals surface area contributed by atoms with Crippen molar-refractivity contribution in [1.29, 1.82) is 0 Å². The van der Waals surface area contributed by atoms with Gasteiger partial charge in [-0.1, -0.05) is 12.1 Å². The van der Waals surface area contributed by atoms with Crippen LogP contribution in [-0.2, 0) is 11.3 Å². The molecular formula is C14H19NO3. The summed E-state index contributed by atoms with van der Waals surface area (Å²) in [6.07, 6.45) is 2.68. The van der Waals surface area contributed by atoms with Crippen LogP contribution in [0, 0.1) is 0 Å². The number of hydrogen-bond acceptors (Lipinski definition) is 4. The second kappa shape index (κ2) is 5.16. The molecule has 1 aliphatic heterocycles.